The fourth-order valence-electron chi connectivity index (χ4n) is 1.18. The molecule has 2 heterocycles. The third-order valence-electron chi connectivity index (χ3n) is 2.07. The standard InChI is InChI=1S/C9H9ClN6O2S/c1-11-8-12-3-4(10)7(14-8)19-9-13-5(17)6(18)15-16(9)2/h3H,1-2H3,(H,15,18)(H,11,12,14). The zero-order valence-corrected chi connectivity index (χ0v) is 11.5. The van der Waals surface area contributed by atoms with Crippen LogP contribution in [0.2, 0.25) is 5.02 Å². The van der Waals surface area contributed by atoms with Gasteiger partial charge in [0.2, 0.25) is 5.95 Å². The van der Waals surface area contributed by atoms with Gasteiger partial charge in [0, 0.05) is 14.1 Å². The molecule has 2 rings (SSSR count). The van der Waals surface area contributed by atoms with Crippen molar-refractivity contribution in [2.75, 3.05) is 12.4 Å². The van der Waals surface area contributed by atoms with Gasteiger partial charge in [-0.15, -0.1) is 0 Å². The van der Waals surface area contributed by atoms with Crippen LogP contribution in [0.1, 0.15) is 0 Å². The molecular weight excluding hydrogens is 292 g/mol. The summed E-state index contributed by atoms with van der Waals surface area (Å²) in [5, 5.41) is 6.13. The fourth-order valence-corrected chi connectivity index (χ4v) is 2.16. The molecule has 2 aromatic rings. The number of anilines is 1. The number of H-pyrrole nitrogens is 1. The van der Waals surface area contributed by atoms with E-state index in [1.54, 1.807) is 14.1 Å². The Morgan fingerprint density at radius 3 is 2.84 bits per heavy atom. The second-order valence-corrected chi connectivity index (χ2v) is 4.76. The normalized spacial score (nSPS) is 10.5. The van der Waals surface area contributed by atoms with E-state index in [1.807, 2.05) is 0 Å². The van der Waals surface area contributed by atoms with Crippen LogP contribution in [0.3, 0.4) is 0 Å². The first-order valence-corrected chi connectivity index (χ1v) is 6.26. The average molecular weight is 301 g/mol. The van der Waals surface area contributed by atoms with Gasteiger partial charge in [-0.1, -0.05) is 11.6 Å². The van der Waals surface area contributed by atoms with Gasteiger partial charge in [-0.05, 0) is 11.8 Å². The van der Waals surface area contributed by atoms with Gasteiger partial charge in [-0.2, -0.15) is 4.98 Å². The van der Waals surface area contributed by atoms with Crippen LogP contribution < -0.4 is 16.4 Å². The summed E-state index contributed by atoms with van der Waals surface area (Å²) in [6.45, 7) is 0. The fraction of sp³-hybridized carbons (Fsp3) is 0.222. The van der Waals surface area contributed by atoms with Crippen LogP contribution in [-0.2, 0) is 7.05 Å². The molecule has 0 aromatic carbocycles. The minimum Gasteiger partial charge on any atom is -0.357 e. The molecule has 19 heavy (non-hydrogen) atoms. The first-order valence-electron chi connectivity index (χ1n) is 5.06. The molecule has 0 saturated carbocycles. The molecule has 0 aliphatic heterocycles. The van der Waals surface area contributed by atoms with Crippen molar-refractivity contribution in [3.05, 3.63) is 31.9 Å². The number of rotatable bonds is 3. The lowest BCUT2D eigenvalue weighted by molar-refractivity contribution is 0.596. The summed E-state index contributed by atoms with van der Waals surface area (Å²) in [4.78, 5) is 34.1. The van der Waals surface area contributed by atoms with E-state index in [-0.39, 0.29) is 5.16 Å². The van der Waals surface area contributed by atoms with E-state index in [2.05, 4.69) is 25.4 Å². The molecule has 0 fully saturated rings. The van der Waals surface area contributed by atoms with Crippen molar-refractivity contribution in [3.63, 3.8) is 0 Å². The number of nitrogens with zero attached hydrogens (tertiary/aromatic N) is 4. The highest BCUT2D eigenvalue weighted by atomic mass is 35.5. The molecule has 2 aromatic heterocycles. The van der Waals surface area contributed by atoms with Gasteiger partial charge >= 0.3 is 11.1 Å². The van der Waals surface area contributed by atoms with E-state index in [0.29, 0.717) is 16.0 Å². The number of nitrogens with one attached hydrogen (secondary N) is 2. The van der Waals surface area contributed by atoms with Gasteiger partial charge in [0.25, 0.3) is 0 Å². The number of aromatic amines is 1. The zero-order chi connectivity index (χ0) is 14.0. The maximum atomic E-state index is 11.2. The van der Waals surface area contributed by atoms with Crippen LogP contribution in [-0.4, -0.2) is 31.8 Å². The Morgan fingerprint density at radius 1 is 1.42 bits per heavy atom. The van der Waals surface area contributed by atoms with Crippen LogP contribution in [0.4, 0.5) is 5.95 Å². The van der Waals surface area contributed by atoms with Gasteiger partial charge < -0.3 is 5.32 Å². The highest BCUT2D eigenvalue weighted by molar-refractivity contribution is 7.99. The average Bonchev–Trinajstić information content (AvgIpc) is 2.38. The Labute approximate surface area is 116 Å². The Bertz CT molecular complexity index is 727. The summed E-state index contributed by atoms with van der Waals surface area (Å²) >= 11 is 7.02. The molecule has 0 aliphatic rings. The molecule has 0 atom stereocenters. The Balaban J connectivity index is 2.44. The molecular formula is C9H9ClN6O2S. The Kier molecular flexibility index (Phi) is 3.86. The van der Waals surface area contributed by atoms with Crippen molar-refractivity contribution in [2.45, 2.75) is 10.2 Å². The van der Waals surface area contributed by atoms with Gasteiger partial charge in [0.05, 0.1) is 11.2 Å². The molecule has 100 valence electrons. The second kappa shape index (κ2) is 5.41. The predicted molar refractivity (Wildman–Crippen MR) is 70.8 cm³/mol. The van der Waals surface area contributed by atoms with E-state index >= 15 is 0 Å². The predicted octanol–water partition coefficient (Wildman–Crippen LogP) is 0.105. The molecule has 2 N–H and O–H groups in total. The first-order chi connectivity index (χ1) is 9.01. The summed E-state index contributed by atoms with van der Waals surface area (Å²) in [5.74, 6) is 0.390. The number of aryl methyl sites for hydroxylation is 1. The highest BCUT2D eigenvalue weighted by Gasteiger charge is 2.11. The van der Waals surface area contributed by atoms with Crippen molar-refractivity contribution in [1.82, 2.24) is 24.7 Å². The summed E-state index contributed by atoms with van der Waals surface area (Å²) in [6, 6.07) is 0. The monoisotopic (exact) mass is 300 g/mol. The highest BCUT2D eigenvalue weighted by Crippen LogP contribution is 2.29. The van der Waals surface area contributed by atoms with Gasteiger partial charge in [0.1, 0.15) is 5.03 Å². The zero-order valence-electron chi connectivity index (χ0n) is 9.97. The molecule has 0 saturated heterocycles. The quantitative estimate of drug-likeness (QED) is 0.612. The third-order valence-corrected chi connectivity index (χ3v) is 3.51. The van der Waals surface area contributed by atoms with Crippen molar-refractivity contribution < 1.29 is 0 Å². The Morgan fingerprint density at radius 2 is 2.16 bits per heavy atom. The lowest BCUT2D eigenvalue weighted by Crippen LogP contribution is -2.33. The lowest BCUT2D eigenvalue weighted by Gasteiger charge is -2.07. The minimum absolute atomic E-state index is 0.271. The van der Waals surface area contributed by atoms with Crippen LogP contribution in [0.25, 0.3) is 0 Å². The lowest BCUT2D eigenvalue weighted by atomic mass is 10.6. The van der Waals surface area contributed by atoms with Crippen molar-refractivity contribution >= 4 is 29.3 Å². The van der Waals surface area contributed by atoms with E-state index in [4.69, 9.17) is 11.6 Å². The van der Waals surface area contributed by atoms with Crippen LogP contribution in [0.15, 0.2) is 26.0 Å². The topological polar surface area (TPSA) is 106 Å². The third kappa shape index (κ3) is 2.93. The van der Waals surface area contributed by atoms with Gasteiger partial charge in [-0.3, -0.25) is 19.4 Å². The van der Waals surface area contributed by atoms with E-state index in [0.717, 1.165) is 11.8 Å². The van der Waals surface area contributed by atoms with E-state index in [1.165, 1.54) is 10.9 Å². The van der Waals surface area contributed by atoms with Gasteiger partial charge in [0.15, 0.2) is 5.16 Å². The molecule has 0 bridgehead atoms. The maximum Gasteiger partial charge on any atom is 0.339 e. The number of hydrogen-bond donors (Lipinski definition) is 2. The summed E-state index contributed by atoms with van der Waals surface area (Å²) in [6.07, 6.45) is 1.44. The molecule has 0 radical (unpaired) electrons. The molecule has 0 unspecified atom stereocenters. The van der Waals surface area contributed by atoms with Crippen LogP contribution >= 0.6 is 23.4 Å². The molecule has 0 aliphatic carbocycles. The van der Waals surface area contributed by atoms with Crippen molar-refractivity contribution in [3.8, 4) is 0 Å². The maximum absolute atomic E-state index is 11.2. The second-order valence-electron chi connectivity index (χ2n) is 3.40. The number of hydrogen-bond acceptors (Lipinski definition) is 7. The molecule has 10 heteroatoms. The van der Waals surface area contributed by atoms with Crippen LogP contribution in [0.5, 0.6) is 0 Å². The summed E-state index contributed by atoms with van der Waals surface area (Å²) < 4.78 is 1.33. The van der Waals surface area contributed by atoms with E-state index in [9.17, 15) is 9.59 Å². The molecule has 0 amide bonds. The van der Waals surface area contributed by atoms with Gasteiger partial charge in [-0.25, -0.2) is 9.97 Å². The van der Waals surface area contributed by atoms with Crippen molar-refractivity contribution in [2.24, 2.45) is 7.05 Å². The SMILES string of the molecule is CNc1ncc(Cl)c(Sc2nc(=O)c(=O)[nH]n2C)n1. The Hall–Kier alpha value is -1.87. The van der Waals surface area contributed by atoms with Crippen molar-refractivity contribution in [1.29, 1.82) is 0 Å². The first kappa shape index (κ1) is 13.6. The van der Waals surface area contributed by atoms with Crippen LogP contribution in [0, 0.1) is 0 Å². The number of halogens is 1. The minimum atomic E-state index is -0.861. The molecule has 8 nitrogen and oxygen atoms in total. The molecule has 0 spiro atoms. The summed E-state index contributed by atoms with van der Waals surface area (Å²) in [5.41, 5.74) is -1.64. The smallest absolute Gasteiger partial charge is 0.339 e. The van der Waals surface area contributed by atoms with E-state index < -0.39 is 11.1 Å². The summed E-state index contributed by atoms with van der Waals surface area (Å²) in [7, 11) is 3.23. The largest absolute Gasteiger partial charge is 0.357 e. The number of aromatic nitrogens is 5.